The molecule has 0 fully saturated rings. The standard InChI is InChI=1S/C25H19F4N5O4S/c1-38-23-9-19(15-6-16(26)8-17(27)7-15)20(29)10-22(23)34-21-4-5-33(13-14(21)2-3-24(34)35)39(36,37)32-25-30-11-18(28)12-31-25/h2-3,6-12H,4-5,13H2,1H3,(H,30,31,32). The molecule has 1 aliphatic rings. The lowest BCUT2D eigenvalue weighted by Crippen LogP contribution is -2.41. The maximum atomic E-state index is 15.3. The van der Waals surface area contributed by atoms with Crippen LogP contribution >= 0.6 is 0 Å². The Morgan fingerprint density at radius 3 is 2.31 bits per heavy atom. The van der Waals surface area contributed by atoms with Crippen LogP contribution in [0.25, 0.3) is 16.8 Å². The molecule has 2 aromatic carbocycles. The Morgan fingerprint density at radius 1 is 0.949 bits per heavy atom. The smallest absolute Gasteiger partial charge is 0.304 e. The summed E-state index contributed by atoms with van der Waals surface area (Å²) in [6.45, 7) is -0.198. The van der Waals surface area contributed by atoms with E-state index in [1.165, 1.54) is 29.9 Å². The Hall–Kier alpha value is -4.30. The van der Waals surface area contributed by atoms with Crippen molar-refractivity contribution in [2.24, 2.45) is 0 Å². The summed E-state index contributed by atoms with van der Waals surface area (Å²) >= 11 is 0. The van der Waals surface area contributed by atoms with Crippen LogP contribution in [-0.4, -0.2) is 40.9 Å². The van der Waals surface area contributed by atoms with E-state index in [0.29, 0.717) is 17.3 Å². The van der Waals surface area contributed by atoms with Crippen molar-refractivity contribution >= 4 is 16.2 Å². The molecule has 202 valence electrons. The third kappa shape index (κ3) is 5.20. The van der Waals surface area contributed by atoms with Gasteiger partial charge < -0.3 is 4.74 Å². The van der Waals surface area contributed by atoms with Gasteiger partial charge in [-0.15, -0.1) is 0 Å². The zero-order valence-corrected chi connectivity index (χ0v) is 21.0. The molecule has 9 nitrogen and oxygen atoms in total. The summed E-state index contributed by atoms with van der Waals surface area (Å²) in [5.74, 6) is -3.63. The lowest BCUT2D eigenvalue weighted by atomic mass is 10.0. The average molecular weight is 562 g/mol. The zero-order chi connectivity index (χ0) is 27.9. The summed E-state index contributed by atoms with van der Waals surface area (Å²) in [7, 11) is -2.84. The first-order chi connectivity index (χ1) is 18.6. The van der Waals surface area contributed by atoms with Gasteiger partial charge in [0.2, 0.25) is 5.95 Å². The van der Waals surface area contributed by atoms with Crippen LogP contribution in [0.5, 0.6) is 5.75 Å². The topological polar surface area (TPSA) is 106 Å². The second-order valence-corrected chi connectivity index (χ2v) is 10.2. The number of hydrogen-bond acceptors (Lipinski definition) is 6. The van der Waals surface area contributed by atoms with E-state index in [-0.39, 0.29) is 48.0 Å². The molecule has 5 rings (SSSR count). The van der Waals surface area contributed by atoms with E-state index >= 15 is 4.39 Å². The summed E-state index contributed by atoms with van der Waals surface area (Å²) in [4.78, 5) is 20.1. The largest absolute Gasteiger partial charge is 0.495 e. The minimum absolute atomic E-state index is 0.0339. The fourth-order valence-corrected chi connectivity index (χ4v) is 5.47. The van der Waals surface area contributed by atoms with Crippen LogP contribution in [0.15, 0.2) is 59.7 Å². The van der Waals surface area contributed by atoms with Crippen LogP contribution in [0.4, 0.5) is 23.5 Å². The van der Waals surface area contributed by atoms with E-state index in [0.717, 1.165) is 34.9 Å². The van der Waals surface area contributed by atoms with Crippen molar-refractivity contribution in [2.45, 2.75) is 13.0 Å². The SMILES string of the molecule is COc1cc(-c2cc(F)cc(F)c2)c(F)cc1-n1c2c(ccc1=O)CN(S(=O)(=O)Nc1ncc(F)cn1)CC2. The number of hydrogen-bond donors (Lipinski definition) is 1. The molecule has 0 spiro atoms. The maximum Gasteiger partial charge on any atom is 0.304 e. The minimum Gasteiger partial charge on any atom is -0.495 e. The highest BCUT2D eigenvalue weighted by molar-refractivity contribution is 7.90. The highest BCUT2D eigenvalue weighted by atomic mass is 32.2. The van der Waals surface area contributed by atoms with Gasteiger partial charge in [-0.2, -0.15) is 12.7 Å². The average Bonchev–Trinajstić information content (AvgIpc) is 2.89. The second-order valence-electron chi connectivity index (χ2n) is 8.56. The van der Waals surface area contributed by atoms with Crippen molar-refractivity contribution in [2.75, 3.05) is 18.4 Å². The lowest BCUT2D eigenvalue weighted by Gasteiger charge is -2.30. The molecular weight excluding hydrogens is 542 g/mol. The Morgan fingerprint density at radius 2 is 1.64 bits per heavy atom. The number of nitrogens with one attached hydrogen (secondary N) is 1. The number of nitrogens with zero attached hydrogens (tertiary/aromatic N) is 4. The van der Waals surface area contributed by atoms with E-state index < -0.39 is 39.0 Å². The third-order valence-corrected chi connectivity index (χ3v) is 7.53. The van der Waals surface area contributed by atoms with Crippen molar-refractivity contribution in [3.63, 3.8) is 0 Å². The molecule has 1 N–H and O–H groups in total. The van der Waals surface area contributed by atoms with Crippen molar-refractivity contribution in [1.82, 2.24) is 18.8 Å². The molecule has 0 bridgehead atoms. The molecule has 4 aromatic rings. The van der Waals surface area contributed by atoms with Crippen LogP contribution in [0.1, 0.15) is 11.3 Å². The molecule has 0 saturated carbocycles. The number of rotatable bonds is 6. The van der Waals surface area contributed by atoms with E-state index in [9.17, 15) is 26.4 Å². The minimum atomic E-state index is -4.14. The molecule has 1 aliphatic heterocycles. The van der Waals surface area contributed by atoms with Crippen LogP contribution in [0.2, 0.25) is 0 Å². The number of benzene rings is 2. The van der Waals surface area contributed by atoms with E-state index in [2.05, 4.69) is 14.7 Å². The van der Waals surface area contributed by atoms with Gasteiger partial charge in [0.1, 0.15) is 23.2 Å². The molecule has 3 heterocycles. The Kier molecular flexibility index (Phi) is 6.82. The van der Waals surface area contributed by atoms with E-state index in [1.807, 2.05) is 0 Å². The van der Waals surface area contributed by atoms with Gasteiger partial charge in [0, 0.05) is 49.0 Å². The van der Waals surface area contributed by atoms with Gasteiger partial charge in [0.15, 0.2) is 5.82 Å². The Labute approximate surface area is 219 Å². The number of pyridine rings is 1. The van der Waals surface area contributed by atoms with Crippen LogP contribution in [0.3, 0.4) is 0 Å². The number of aromatic nitrogens is 3. The summed E-state index contributed by atoms with van der Waals surface area (Å²) in [5, 5.41) is 0. The molecule has 0 unspecified atom stereocenters. The summed E-state index contributed by atoms with van der Waals surface area (Å²) in [5.41, 5.74) is 0.199. The number of halogens is 4. The van der Waals surface area contributed by atoms with Crippen molar-refractivity contribution < 1.29 is 30.7 Å². The highest BCUT2D eigenvalue weighted by Gasteiger charge is 2.30. The van der Waals surface area contributed by atoms with Crippen molar-refractivity contribution in [3.05, 3.63) is 99.7 Å². The number of ether oxygens (including phenoxy) is 1. The van der Waals surface area contributed by atoms with Crippen molar-refractivity contribution in [1.29, 1.82) is 0 Å². The molecule has 0 atom stereocenters. The fraction of sp³-hybridized carbons (Fsp3) is 0.160. The monoisotopic (exact) mass is 561 g/mol. The predicted octanol–water partition coefficient (Wildman–Crippen LogP) is 3.57. The normalized spacial score (nSPS) is 13.7. The summed E-state index contributed by atoms with van der Waals surface area (Å²) in [6, 6.07) is 7.53. The Bertz CT molecular complexity index is 1730. The first kappa shape index (κ1) is 26.3. The number of methoxy groups -OCH3 is 1. The molecule has 0 saturated heterocycles. The van der Waals surface area contributed by atoms with Gasteiger partial charge in [-0.1, -0.05) is 6.07 Å². The third-order valence-electron chi connectivity index (χ3n) is 6.10. The molecule has 0 radical (unpaired) electrons. The molecule has 14 heteroatoms. The van der Waals surface area contributed by atoms with Gasteiger partial charge >= 0.3 is 10.2 Å². The van der Waals surface area contributed by atoms with E-state index in [4.69, 9.17) is 4.74 Å². The molecule has 0 amide bonds. The summed E-state index contributed by atoms with van der Waals surface area (Å²) < 4.78 is 91.5. The molecule has 2 aromatic heterocycles. The molecular formula is C25H19F4N5O4S. The van der Waals surface area contributed by atoms with Gasteiger partial charge in [0.05, 0.1) is 25.2 Å². The van der Waals surface area contributed by atoms with Gasteiger partial charge in [0.25, 0.3) is 5.56 Å². The first-order valence-electron chi connectivity index (χ1n) is 11.4. The maximum absolute atomic E-state index is 15.3. The van der Waals surface area contributed by atoms with Gasteiger partial charge in [-0.25, -0.2) is 32.3 Å². The second kappa shape index (κ2) is 10.1. The molecule has 39 heavy (non-hydrogen) atoms. The van der Waals surface area contributed by atoms with Crippen LogP contribution < -0.4 is 15.0 Å². The zero-order valence-electron chi connectivity index (χ0n) is 20.2. The van der Waals surface area contributed by atoms with Crippen LogP contribution in [-0.2, 0) is 23.2 Å². The lowest BCUT2D eigenvalue weighted by molar-refractivity contribution is 0.385. The van der Waals surface area contributed by atoms with Crippen molar-refractivity contribution in [3.8, 4) is 22.6 Å². The highest BCUT2D eigenvalue weighted by Crippen LogP contribution is 2.34. The quantitative estimate of drug-likeness (QED) is 0.361. The van der Waals surface area contributed by atoms with Gasteiger partial charge in [-0.3, -0.25) is 9.36 Å². The Balaban J connectivity index is 1.52. The molecule has 0 aliphatic carbocycles. The first-order valence-corrected chi connectivity index (χ1v) is 12.8. The van der Waals surface area contributed by atoms with Crippen LogP contribution in [0, 0.1) is 23.3 Å². The summed E-state index contributed by atoms with van der Waals surface area (Å²) in [6.07, 6.45) is 1.70. The van der Waals surface area contributed by atoms with Gasteiger partial charge in [-0.05, 0) is 29.3 Å². The number of anilines is 1. The van der Waals surface area contributed by atoms with E-state index in [1.54, 1.807) is 0 Å². The fourth-order valence-electron chi connectivity index (χ4n) is 4.36. The predicted molar refractivity (Wildman–Crippen MR) is 133 cm³/mol. The number of fused-ring (bicyclic) bond motifs is 1.